The van der Waals surface area contributed by atoms with Crippen molar-refractivity contribution in [1.29, 1.82) is 0 Å². The fourth-order valence-electron chi connectivity index (χ4n) is 2.91. The monoisotopic (exact) mass is 264 g/mol. The zero-order valence-corrected chi connectivity index (χ0v) is 12.2. The van der Waals surface area contributed by atoms with Crippen LogP contribution in [0.5, 0.6) is 0 Å². The zero-order valence-electron chi connectivity index (χ0n) is 12.2. The van der Waals surface area contributed by atoms with Crippen LogP contribution in [0.3, 0.4) is 0 Å². The van der Waals surface area contributed by atoms with Crippen LogP contribution in [-0.2, 0) is 0 Å². The van der Waals surface area contributed by atoms with E-state index in [1.165, 1.54) is 19.3 Å². The Kier molecular flexibility index (Phi) is 4.81. The number of anilines is 1. The van der Waals surface area contributed by atoms with Crippen LogP contribution < -0.4 is 10.2 Å². The molecule has 1 saturated heterocycles. The molecule has 1 heterocycles. The van der Waals surface area contributed by atoms with Crippen LogP contribution in [0.15, 0.2) is 18.2 Å². The molecule has 106 valence electrons. The molecule has 1 aromatic carbocycles. The van der Waals surface area contributed by atoms with Gasteiger partial charge < -0.3 is 10.2 Å². The highest BCUT2D eigenvalue weighted by Crippen LogP contribution is 2.29. The van der Waals surface area contributed by atoms with Crippen LogP contribution in [-0.4, -0.2) is 20.1 Å². The summed E-state index contributed by atoms with van der Waals surface area (Å²) in [6.07, 6.45) is 3.68. The van der Waals surface area contributed by atoms with Crippen molar-refractivity contribution < 1.29 is 4.39 Å². The SMILES string of the molecule is CCCC1CCN(c2ccc(C(C)NC)cc2F)C1. The minimum atomic E-state index is -0.0863. The Bertz CT molecular complexity index is 419. The van der Waals surface area contributed by atoms with E-state index in [-0.39, 0.29) is 11.9 Å². The van der Waals surface area contributed by atoms with Crippen LogP contribution in [0.2, 0.25) is 0 Å². The van der Waals surface area contributed by atoms with Gasteiger partial charge in [0.05, 0.1) is 5.69 Å². The molecule has 2 nitrogen and oxygen atoms in total. The molecule has 1 N–H and O–H groups in total. The van der Waals surface area contributed by atoms with Crippen molar-refractivity contribution in [2.75, 3.05) is 25.0 Å². The maximum Gasteiger partial charge on any atom is 0.146 e. The summed E-state index contributed by atoms with van der Waals surface area (Å²) in [6.45, 7) is 6.26. The molecule has 1 aliphatic rings. The second-order valence-corrected chi connectivity index (χ2v) is 5.61. The molecule has 1 fully saturated rings. The Morgan fingerprint density at radius 3 is 2.89 bits per heavy atom. The number of nitrogens with one attached hydrogen (secondary N) is 1. The van der Waals surface area contributed by atoms with Crippen LogP contribution in [0, 0.1) is 11.7 Å². The van der Waals surface area contributed by atoms with Gasteiger partial charge in [-0.2, -0.15) is 0 Å². The van der Waals surface area contributed by atoms with Gasteiger partial charge in [-0.3, -0.25) is 0 Å². The van der Waals surface area contributed by atoms with Gasteiger partial charge in [-0.1, -0.05) is 19.4 Å². The van der Waals surface area contributed by atoms with Crippen molar-refractivity contribution in [3.63, 3.8) is 0 Å². The molecule has 19 heavy (non-hydrogen) atoms. The Labute approximate surface area is 116 Å². The standard InChI is InChI=1S/C16H25FN2/c1-4-5-13-8-9-19(11-13)16-7-6-14(10-15(16)17)12(2)18-3/h6-7,10,12-13,18H,4-5,8-9,11H2,1-3H3. The molecule has 2 atom stereocenters. The van der Waals surface area contributed by atoms with Gasteiger partial charge in [0, 0.05) is 19.1 Å². The molecule has 0 spiro atoms. The third-order valence-electron chi connectivity index (χ3n) is 4.23. The molecule has 2 rings (SSSR count). The normalized spacial score (nSPS) is 20.8. The minimum absolute atomic E-state index is 0.0863. The van der Waals surface area contributed by atoms with Crippen LogP contribution in [0.4, 0.5) is 10.1 Å². The fraction of sp³-hybridized carbons (Fsp3) is 0.625. The molecule has 1 aliphatic heterocycles. The zero-order chi connectivity index (χ0) is 13.8. The predicted molar refractivity (Wildman–Crippen MR) is 79.1 cm³/mol. The van der Waals surface area contributed by atoms with E-state index in [4.69, 9.17) is 0 Å². The van der Waals surface area contributed by atoms with Gasteiger partial charge >= 0.3 is 0 Å². The molecule has 0 bridgehead atoms. The first kappa shape index (κ1) is 14.3. The Morgan fingerprint density at radius 2 is 2.26 bits per heavy atom. The van der Waals surface area contributed by atoms with Gasteiger partial charge in [0.1, 0.15) is 5.82 Å². The molecule has 0 saturated carbocycles. The van der Waals surface area contributed by atoms with Crippen molar-refractivity contribution in [2.24, 2.45) is 5.92 Å². The largest absolute Gasteiger partial charge is 0.369 e. The van der Waals surface area contributed by atoms with Gasteiger partial charge in [-0.05, 0) is 50.4 Å². The summed E-state index contributed by atoms with van der Waals surface area (Å²) in [6, 6.07) is 5.83. The highest BCUT2D eigenvalue weighted by Gasteiger charge is 2.24. The lowest BCUT2D eigenvalue weighted by Crippen LogP contribution is -2.21. The second kappa shape index (κ2) is 6.38. The molecule has 1 aromatic rings. The maximum atomic E-state index is 14.2. The lowest BCUT2D eigenvalue weighted by atomic mass is 10.0. The number of hydrogen-bond donors (Lipinski definition) is 1. The van der Waals surface area contributed by atoms with Gasteiger partial charge in [-0.25, -0.2) is 4.39 Å². The van der Waals surface area contributed by atoms with Crippen molar-refractivity contribution in [2.45, 2.75) is 39.2 Å². The fourth-order valence-corrected chi connectivity index (χ4v) is 2.91. The first-order valence-corrected chi connectivity index (χ1v) is 7.37. The average Bonchev–Trinajstić information content (AvgIpc) is 2.86. The molecular weight excluding hydrogens is 239 g/mol. The van der Waals surface area contributed by atoms with E-state index in [0.717, 1.165) is 30.3 Å². The summed E-state index contributed by atoms with van der Waals surface area (Å²) < 4.78 is 14.2. The van der Waals surface area contributed by atoms with E-state index in [1.54, 1.807) is 6.07 Å². The molecule has 0 aromatic heterocycles. The Morgan fingerprint density at radius 1 is 1.47 bits per heavy atom. The molecule has 0 radical (unpaired) electrons. The number of halogens is 1. The highest BCUT2D eigenvalue weighted by molar-refractivity contribution is 5.50. The predicted octanol–water partition coefficient (Wildman–Crippen LogP) is 3.73. The van der Waals surface area contributed by atoms with Crippen LogP contribution >= 0.6 is 0 Å². The summed E-state index contributed by atoms with van der Waals surface area (Å²) in [5.41, 5.74) is 1.78. The highest BCUT2D eigenvalue weighted by atomic mass is 19.1. The molecular formula is C16H25FN2. The third-order valence-corrected chi connectivity index (χ3v) is 4.23. The first-order valence-electron chi connectivity index (χ1n) is 7.37. The van der Waals surface area contributed by atoms with E-state index in [1.807, 2.05) is 26.1 Å². The molecule has 0 aliphatic carbocycles. The number of benzene rings is 1. The van der Waals surface area contributed by atoms with E-state index < -0.39 is 0 Å². The quantitative estimate of drug-likeness (QED) is 0.871. The van der Waals surface area contributed by atoms with Crippen LogP contribution in [0.25, 0.3) is 0 Å². The first-order chi connectivity index (χ1) is 9.15. The van der Waals surface area contributed by atoms with Crippen molar-refractivity contribution in [1.82, 2.24) is 5.32 Å². The van der Waals surface area contributed by atoms with Crippen molar-refractivity contribution in [3.05, 3.63) is 29.6 Å². The van der Waals surface area contributed by atoms with Gasteiger partial charge in [0.2, 0.25) is 0 Å². The Hall–Kier alpha value is -1.09. The second-order valence-electron chi connectivity index (χ2n) is 5.61. The minimum Gasteiger partial charge on any atom is -0.369 e. The number of rotatable bonds is 5. The topological polar surface area (TPSA) is 15.3 Å². The smallest absolute Gasteiger partial charge is 0.146 e. The summed E-state index contributed by atoms with van der Waals surface area (Å²) in [5, 5.41) is 3.14. The van der Waals surface area contributed by atoms with Gasteiger partial charge in [0.15, 0.2) is 0 Å². The van der Waals surface area contributed by atoms with E-state index in [0.29, 0.717) is 0 Å². The molecule has 3 heteroatoms. The summed E-state index contributed by atoms with van der Waals surface area (Å²) >= 11 is 0. The molecule has 2 unspecified atom stereocenters. The number of hydrogen-bond acceptors (Lipinski definition) is 2. The Balaban J connectivity index is 2.09. The molecule has 0 amide bonds. The average molecular weight is 264 g/mol. The van der Waals surface area contributed by atoms with Gasteiger partial charge in [-0.15, -0.1) is 0 Å². The third kappa shape index (κ3) is 3.27. The van der Waals surface area contributed by atoms with Crippen molar-refractivity contribution in [3.8, 4) is 0 Å². The lowest BCUT2D eigenvalue weighted by Gasteiger charge is -2.21. The lowest BCUT2D eigenvalue weighted by molar-refractivity contribution is 0.528. The van der Waals surface area contributed by atoms with Crippen LogP contribution in [0.1, 0.15) is 44.7 Å². The summed E-state index contributed by atoms with van der Waals surface area (Å²) in [7, 11) is 1.90. The summed E-state index contributed by atoms with van der Waals surface area (Å²) in [4.78, 5) is 2.20. The van der Waals surface area contributed by atoms with Crippen molar-refractivity contribution >= 4 is 5.69 Å². The van der Waals surface area contributed by atoms with E-state index in [2.05, 4.69) is 17.1 Å². The van der Waals surface area contributed by atoms with E-state index >= 15 is 0 Å². The number of nitrogens with zero attached hydrogens (tertiary/aromatic N) is 1. The van der Waals surface area contributed by atoms with Gasteiger partial charge in [0.25, 0.3) is 0 Å². The summed E-state index contributed by atoms with van der Waals surface area (Å²) in [5.74, 6) is 0.650. The van der Waals surface area contributed by atoms with E-state index in [9.17, 15) is 4.39 Å². The maximum absolute atomic E-state index is 14.2.